The zero-order valence-electron chi connectivity index (χ0n) is 10.3. The number of halogens is 2. The topological polar surface area (TPSA) is 59.6 Å². The predicted molar refractivity (Wildman–Crippen MR) is 74.5 cm³/mol. The van der Waals surface area contributed by atoms with Crippen molar-refractivity contribution < 1.29 is 4.39 Å². The smallest absolute Gasteiger partial charge is 0.141 e. The van der Waals surface area contributed by atoms with Crippen LogP contribution in [0.1, 0.15) is 17.2 Å². The fourth-order valence-corrected chi connectivity index (χ4v) is 1.91. The SMILES string of the molecule is N#Cc1cccc(C(C#N)Nc2ccc(F)c(Cl)c2)c1. The zero-order chi connectivity index (χ0) is 14.5. The van der Waals surface area contributed by atoms with Gasteiger partial charge in [-0.3, -0.25) is 0 Å². The first-order chi connectivity index (χ1) is 9.63. The van der Waals surface area contributed by atoms with E-state index < -0.39 is 11.9 Å². The van der Waals surface area contributed by atoms with Crippen molar-refractivity contribution in [1.82, 2.24) is 0 Å². The van der Waals surface area contributed by atoms with Crippen LogP contribution >= 0.6 is 11.6 Å². The number of hydrogen-bond acceptors (Lipinski definition) is 3. The van der Waals surface area contributed by atoms with Crippen molar-refractivity contribution in [3.63, 3.8) is 0 Å². The first-order valence-corrected chi connectivity index (χ1v) is 6.13. The molecule has 0 spiro atoms. The van der Waals surface area contributed by atoms with E-state index in [4.69, 9.17) is 16.9 Å². The lowest BCUT2D eigenvalue weighted by Gasteiger charge is -2.14. The molecule has 0 heterocycles. The molecule has 1 unspecified atom stereocenters. The Kier molecular flexibility index (Phi) is 4.20. The molecular formula is C15H9ClFN3. The van der Waals surface area contributed by atoms with Crippen LogP contribution in [0.5, 0.6) is 0 Å². The molecule has 0 aliphatic heterocycles. The number of hydrogen-bond donors (Lipinski definition) is 1. The van der Waals surface area contributed by atoms with Crippen LogP contribution < -0.4 is 5.32 Å². The molecule has 3 nitrogen and oxygen atoms in total. The Labute approximate surface area is 120 Å². The molecule has 0 saturated heterocycles. The number of benzene rings is 2. The molecule has 1 N–H and O–H groups in total. The number of nitriles is 2. The summed E-state index contributed by atoms with van der Waals surface area (Å²) in [7, 11) is 0. The van der Waals surface area contributed by atoms with Gasteiger partial charge in [0.2, 0.25) is 0 Å². The summed E-state index contributed by atoms with van der Waals surface area (Å²) in [6, 6.07) is 14.3. The molecule has 0 saturated carbocycles. The Hall–Kier alpha value is -2.56. The molecule has 2 aromatic rings. The minimum Gasteiger partial charge on any atom is -0.366 e. The van der Waals surface area contributed by atoms with Gasteiger partial charge >= 0.3 is 0 Å². The van der Waals surface area contributed by atoms with Gasteiger partial charge in [-0.2, -0.15) is 10.5 Å². The van der Waals surface area contributed by atoms with Crippen LogP contribution in [0.2, 0.25) is 5.02 Å². The monoisotopic (exact) mass is 285 g/mol. The maximum absolute atomic E-state index is 13.1. The lowest BCUT2D eigenvalue weighted by Crippen LogP contribution is -2.08. The van der Waals surface area contributed by atoms with Crippen molar-refractivity contribution in [2.24, 2.45) is 0 Å². The van der Waals surface area contributed by atoms with Gasteiger partial charge in [0, 0.05) is 5.69 Å². The minimum atomic E-state index is -0.648. The third-order valence-corrected chi connectivity index (χ3v) is 3.00. The Morgan fingerprint density at radius 3 is 2.60 bits per heavy atom. The average Bonchev–Trinajstić information content (AvgIpc) is 2.48. The first kappa shape index (κ1) is 13.9. The summed E-state index contributed by atoms with van der Waals surface area (Å²) in [4.78, 5) is 0. The van der Waals surface area contributed by atoms with E-state index in [9.17, 15) is 9.65 Å². The summed E-state index contributed by atoms with van der Waals surface area (Å²) in [6.45, 7) is 0. The second-order valence-corrected chi connectivity index (χ2v) is 4.48. The van der Waals surface area contributed by atoms with Crippen LogP contribution in [0, 0.1) is 28.5 Å². The number of nitrogens with one attached hydrogen (secondary N) is 1. The van der Waals surface area contributed by atoms with Crippen LogP contribution in [-0.2, 0) is 0 Å². The number of nitrogens with zero attached hydrogens (tertiary/aromatic N) is 2. The number of anilines is 1. The van der Waals surface area contributed by atoms with Crippen molar-refractivity contribution in [2.45, 2.75) is 6.04 Å². The summed E-state index contributed by atoms with van der Waals surface area (Å²) in [5.74, 6) is -0.516. The molecule has 0 aliphatic carbocycles. The van der Waals surface area contributed by atoms with Crippen molar-refractivity contribution in [2.75, 3.05) is 5.32 Å². The van der Waals surface area contributed by atoms with Crippen molar-refractivity contribution in [1.29, 1.82) is 10.5 Å². The molecule has 98 valence electrons. The van der Waals surface area contributed by atoms with Crippen LogP contribution in [0.25, 0.3) is 0 Å². The Bertz CT molecular complexity index is 716. The molecule has 2 aromatic carbocycles. The zero-order valence-corrected chi connectivity index (χ0v) is 11.0. The summed E-state index contributed by atoms with van der Waals surface area (Å²) >= 11 is 5.69. The van der Waals surface area contributed by atoms with Gasteiger partial charge < -0.3 is 5.32 Å². The predicted octanol–water partition coefficient (Wildman–Crippen LogP) is 4.03. The molecule has 0 bridgehead atoms. The fraction of sp³-hybridized carbons (Fsp3) is 0.0667. The largest absolute Gasteiger partial charge is 0.366 e. The molecule has 0 radical (unpaired) electrons. The quantitative estimate of drug-likeness (QED) is 0.926. The van der Waals surface area contributed by atoms with Crippen LogP contribution in [-0.4, -0.2) is 0 Å². The van der Waals surface area contributed by atoms with E-state index in [1.165, 1.54) is 18.2 Å². The normalized spacial score (nSPS) is 11.2. The molecule has 2 rings (SSSR count). The maximum Gasteiger partial charge on any atom is 0.141 e. The molecule has 0 fully saturated rings. The maximum atomic E-state index is 13.1. The number of rotatable bonds is 3. The van der Waals surface area contributed by atoms with Gasteiger partial charge in [0.1, 0.15) is 11.9 Å². The fourth-order valence-electron chi connectivity index (χ4n) is 1.73. The highest BCUT2D eigenvalue weighted by Crippen LogP contribution is 2.24. The standard InChI is InChI=1S/C15H9ClFN3/c16-13-7-12(4-5-14(13)17)20-15(9-19)11-3-1-2-10(6-11)8-18/h1-7,15,20H. The van der Waals surface area contributed by atoms with E-state index in [0.717, 1.165) is 0 Å². The van der Waals surface area contributed by atoms with E-state index in [1.54, 1.807) is 24.3 Å². The minimum absolute atomic E-state index is 0.0162. The van der Waals surface area contributed by atoms with Crippen LogP contribution in [0.15, 0.2) is 42.5 Å². The summed E-state index contributed by atoms with van der Waals surface area (Å²) in [5, 5.41) is 21.0. The first-order valence-electron chi connectivity index (χ1n) is 5.75. The molecule has 1 atom stereocenters. The second-order valence-electron chi connectivity index (χ2n) is 4.07. The second kappa shape index (κ2) is 6.06. The summed E-state index contributed by atoms with van der Waals surface area (Å²) in [5.41, 5.74) is 1.67. The van der Waals surface area contributed by atoms with E-state index in [-0.39, 0.29) is 5.02 Å². The highest BCUT2D eigenvalue weighted by molar-refractivity contribution is 6.31. The van der Waals surface area contributed by atoms with Gasteiger partial charge in [0.15, 0.2) is 0 Å². The highest BCUT2D eigenvalue weighted by Gasteiger charge is 2.11. The molecular weight excluding hydrogens is 277 g/mol. The van der Waals surface area contributed by atoms with Gasteiger partial charge in [0.05, 0.1) is 22.7 Å². The van der Waals surface area contributed by atoms with Crippen LogP contribution in [0.3, 0.4) is 0 Å². The van der Waals surface area contributed by atoms with Gasteiger partial charge in [-0.05, 0) is 35.9 Å². The third kappa shape index (κ3) is 3.06. The van der Waals surface area contributed by atoms with Gasteiger partial charge in [-0.25, -0.2) is 4.39 Å². The van der Waals surface area contributed by atoms with E-state index in [0.29, 0.717) is 16.8 Å². The Balaban J connectivity index is 2.27. The average molecular weight is 286 g/mol. The molecule has 5 heteroatoms. The lowest BCUT2D eigenvalue weighted by molar-refractivity contribution is 0.628. The Morgan fingerprint density at radius 1 is 1.15 bits per heavy atom. The Morgan fingerprint density at radius 2 is 1.95 bits per heavy atom. The highest BCUT2D eigenvalue weighted by atomic mass is 35.5. The summed E-state index contributed by atoms with van der Waals surface area (Å²) in [6.07, 6.45) is 0. The lowest BCUT2D eigenvalue weighted by atomic mass is 10.0. The van der Waals surface area contributed by atoms with E-state index in [2.05, 4.69) is 11.4 Å². The van der Waals surface area contributed by atoms with E-state index in [1.807, 2.05) is 6.07 Å². The van der Waals surface area contributed by atoms with E-state index >= 15 is 0 Å². The summed E-state index contributed by atoms with van der Waals surface area (Å²) < 4.78 is 13.1. The van der Waals surface area contributed by atoms with Crippen molar-refractivity contribution in [3.05, 3.63) is 64.4 Å². The molecule has 0 aromatic heterocycles. The van der Waals surface area contributed by atoms with Gasteiger partial charge in [-0.1, -0.05) is 23.7 Å². The van der Waals surface area contributed by atoms with Gasteiger partial charge in [-0.15, -0.1) is 0 Å². The van der Waals surface area contributed by atoms with Crippen molar-refractivity contribution in [3.8, 4) is 12.1 Å². The molecule has 0 aliphatic rings. The van der Waals surface area contributed by atoms with Gasteiger partial charge in [0.25, 0.3) is 0 Å². The molecule has 0 amide bonds. The van der Waals surface area contributed by atoms with Crippen LogP contribution in [0.4, 0.5) is 10.1 Å². The molecule has 20 heavy (non-hydrogen) atoms. The third-order valence-electron chi connectivity index (χ3n) is 2.71. The van der Waals surface area contributed by atoms with Crippen molar-refractivity contribution >= 4 is 17.3 Å².